The van der Waals surface area contributed by atoms with Gasteiger partial charge in [0.15, 0.2) is 0 Å². The van der Waals surface area contributed by atoms with Gasteiger partial charge in [0.2, 0.25) is 5.95 Å². The first kappa shape index (κ1) is 22.0. The summed E-state index contributed by atoms with van der Waals surface area (Å²) in [4.78, 5) is 40.1. The Bertz CT molecular complexity index is 1230. The Morgan fingerprint density at radius 2 is 1.56 bits per heavy atom. The number of thioether (sulfide) groups is 1. The topological polar surface area (TPSA) is 81.7 Å². The molecule has 2 aromatic carbocycles. The van der Waals surface area contributed by atoms with Crippen LogP contribution in [-0.4, -0.2) is 54.3 Å². The van der Waals surface area contributed by atoms with Crippen LogP contribution < -0.4 is 20.0 Å². The summed E-state index contributed by atoms with van der Waals surface area (Å²) in [5.74, 6) is 0.919. The summed E-state index contributed by atoms with van der Waals surface area (Å²) in [6.07, 6.45) is 1.65. The van der Waals surface area contributed by atoms with E-state index in [2.05, 4.69) is 39.4 Å². The highest BCUT2D eigenvalue weighted by Crippen LogP contribution is 2.29. The third-order valence-electron chi connectivity index (χ3n) is 5.81. The van der Waals surface area contributed by atoms with Gasteiger partial charge in [0.05, 0.1) is 10.6 Å². The van der Waals surface area contributed by atoms with Gasteiger partial charge in [-0.2, -0.15) is 4.98 Å². The highest BCUT2D eigenvalue weighted by molar-refractivity contribution is 8.18. The van der Waals surface area contributed by atoms with Gasteiger partial charge in [-0.3, -0.25) is 14.9 Å². The van der Waals surface area contributed by atoms with Crippen LogP contribution in [0.3, 0.4) is 0 Å². The van der Waals surface area contributed by atoms with E-state index in [4.69, 9.17) is 9.97 Å². The SMILES string of the molecule is CN(c1ccccc1)c1cc(C=C2SC(=O)NC2=O)nc(N2CCN(c3ccccc3)CC2)n1. The van der Waals surface area contributed by atoms with Crippen LogP contribution in [-0.2, 0) is 4.79 Å². The fourth-order valence-electron chi connectivity index (χ4n) is 3.97. The summed E-state index contributed by atoms with van der Waals surface area (Å²) in [7, 11) is 1.95. The number of benzene rings is 2. The first-order valence-corrected chi connectivity index (χ1v) is 11.9. The van der Waals surface area contributed by atoms with Crippen LogP contribution in [0.2, 0.25) is 0 Å². The van der Waals surface area contributed by atoms with Crippen molar-refractivity contribution < 1.29 is 9.59 Å². The van der Waals surface area contributed by atoms with E-state index in [1.165, 1.54) is 5.69 Å². The Kier molecular flexibility index (Phi) is 6.18. The van der Waals surface area contributed by atoms with E-state index in [1.54, 1.807) is 6.08 Å². The third kappa shape index (κ3) is 4.74. The zero-order valence-electron chi connectivity index (χ0n) is 18.7. The number of carbonyl (C=O) groups excluding carboxylic acids is 2. The van der Waals surface area contributed by atoms with Gasteiger partial charge < -0.3 is 14.7 Å². The van der Waals surface area contributed by atoms with Crippen molar-refractivity contribution in [1.82, 2.24) is 15.3 Å². The molecule has 0 spiro atoms. The minimum Gasteiger partial charge on any atom is -0.368 e. The highest BCUT2D eigenvalue weighted by atomic mass is 32.2. The lowest BCUT2D eigenvalue weighted by Gasteiger charge is -2.36. The summed E-state index contributed by atoms with van der Waals surface area (Å²) in [5.41, 5.74) is 2.78. The van der Waals surface area contributed by atoms with Gasteiger partial charge in [0.1, 0.15) is 5.82 Å². The summed E-state index contributed by atoms with van der Waals surface area (Å²) in [5, 5.41) is 1.92. The molecule has 0 saturated carbocycles. The molecule has 0 atom stereocenters. The second kappa shape index (κ2) is 9.56. The zero-order valence-corrected chi connectivity index (χ0v) is 19.5. The standard InChI is InChI=1S/C25H24N6O2S/c1-29(19-8-4-2-5-9-19)22-17-18(16-21-23(32)28-25(33)34-21)26-24(27-22)31-14-12-30(13-15-31)20-10-6-3-7-11-20/h2-11,16-17H,12-15H2,1H3,(H,28,32,33). The molecule has 0 bridgehead atoms. The average molecular weight is 473 g/mol. The summed E-state index contributed by atoms with van der Waals surface area (Å²) in [6.45, 7) is 3.26. The van der Waals surface area contributed by atoms with Gasteiger partial charge in [-0.05, 0) is 42.1 Å². The Balaban J connectivity index is 1.45. The average Bonchev–Trinajstić information content (AvgIpc) is 3.20. The van der Waals surface area contributed by atoms with Gasteiger partial charge in [-0.1, -0.05) is 36.4 Å². The Labute approximate surface area is 202 Å². The van der Waals surface area contributed by atoms with Crippen molar-refractivity contribution in [3.63, 3.8) is 0 Å². The van der Waals surface area contributed by atoms with Crippen molar-refractivity contribution in [2.75, 3.05) is 47.9 Å². The number of hydrogen-bond acceptors (Lipinski definition) is 8. The monoisotopic (exact) mass is 472 g/mol. The lowest BCUT2D eigenvalue weighted by Crippen LogP contribution is -2.47. The molecule has 3 heterocycles. The molecular formula is C25H24N6O2S. The maximum Gasteiger partial charge on any atom is 0.290 e. The van der Waals surface area contributed by atoms with Crippen LogP contribution in [0.1, 0.15) is 5.69 Å². The Morgan fingerprint density at radius 3 is 2.21 bits per heavy atom. The predicted octanol–water partition coefficient (Wildman–Crippen LogP) is 3.90. The molecule has 2 amide bonds. The Morgan fingerprint density at radius 1 is 0.912 bits per heavy atom. The molecule has 0 radical (unpaired) electrons. The van der Waals surface area contributed by atoms with Crippen molar-refractivity contribution in [2.45, 2.75) is 0 Å². The molecule has 172 valence electrons. The maximum absolute atomic E-state index is 12.1. The van der Waals surface area contributed by atoms with E-state index in [-0.39, 0.29) is 5.24 Å². The van der Waals surface area contributed by atoms with E-state index < -0.39 is 5.91 Å². The third-order valence-corrected chi connectivity index (χ3v) is 6.62. The fourth-order valence-corrected chi connectivity index (χ4v) is 4.64. The second-order valence-corrected chi connectivity index (χ2v) is 9.02. The van der Waals surface area contributed by atoms with Gasteiger partial charge in [0, 0.05) is 50.7 Å². The van der Waals surface area contributed by atoms with Crippen LogP contribution >= 0.6 is 11.8 Å². The van der Waals surface area contributed by atoms with Crippen molar-refractivity contribution >= 4 is 52.1 Å². The first-order valence-electron chi connectivity index (χ1n) is 11.0. The Hall–Kier alpha value is -3.85. The normalized spacial score (nSPS) is 17.3. The summed E-state index contributed by atoms with van der Waals surface area (Å²) < 4.78 is 0. The number of anilines is 4. The predicted molar refractivity (Wildman–Crippen MR) is 137 cm³/mol. The van der Waals surface area contributed by atoms with E-state index in [9.17, 15) is 9.59 Å². The number of hydrogen-bond donors (Lipinski definition) is 1. The number of nitrogens with zero attached hydrogens (tertiary/aromatic N) is 5. The molecule has 1 N–H and O–H groups in total. The quantitative estimate of drug-likeness (QED) is 0.560. The highest BCUT2D eigenvalue weighted by Gasteiger charge is 2.26. The number of para-hydroxylation sites is 2. The number of rotatable bonds is 5. The van der Waals surface area contributed by atoms with Gasteiger partial charge in [-0.25, -0.2) is 4.98 Å². The minimum atomic E-state index is -0.399. The second-order valence-electron chi connectivity index (χ2n) is 8.01. The molecule has 2 saturated heterocycles. The number of nitrogens with one attached hydrogen (secondary N) is 1. The van der Waals surface area contributed by atoms with Crippen molar-refractivity contribution in [1.29, 1.82) is 0 Å². The molecule has 2 aliphatic rings. The lowest BCUT2D eigenvalue weighted by molar-refractivity contribution is -0.115. The van der Waals surface area contributed by atoms with Crippen LogP contribution in [0.4, 0.5) is 27.9 Å². The number of imide groups is 1. The van der Waals surface area contributed by atoms with Crippen LogP contribution in [0.15, 0.2) is 71.6 Å². The van der Waals surface area contributed by atoms with Crippen LogP contribution in [0.5, 0.6) is 0 Å². The molecule has 0 unspecified atom stereocenters. The van der Waals surface area contributed by atoms with Gasteiger partial charge >= 0.3 is 0 Å². The van der Waals surface area contributed by atoms with Crippen molar-refractivity contribution in [2.24, 2.45) is 0 Å². The first-order chi connectivity index (χ1) is 16.6. The molecule has 34 heavy (non-hydrogen) atoms. The van der Waals surface area contributed by atoms with Crippen LogP contribution in [0.25, 0.3) is 6.08 Å². The lowest BCUT2D eigenvalue weighted by atomic mass is 10.2. The molecule has 2 aliphatic heterocycles. The van der Waals surface area contributed by atoms with Gasteiger partial charge in [0.25, 0.3) is 11.1 Å². The van der Waals surface area contributed by atoms with Gasteiger partial charge in [-0.15, -0.1) is 0 Å². The molecular weight excluding hydrogens is 448 g/mol. The van der Waals surface area contributed by atoms with E-state index in [1.807, 2.05) is 54.4 Å². The number of piperazine rings is 1. The number of amides is 2. The molecule has 9 heteroatoms. The number of carbonyl (C=O) groups is 2. The van der Waals surface area contributed by atoms with E-state index in [0.717, 1.165) is 43.6 Å². The summed E-state index contributed by atoms with van der Waals surface area (Å²) >= 11 is 0.886. The van der Waals surface area contributed by atoms with E-state index >= 15 is 0 Å². The number of aromatic nitrogens is 2. The summed E-state index contributed by atoms with van der Waals surface area (Å²) in [6, 6.07) is 22.2. The molecule has 0 aliphatic carbocycles. The van der Waals surface area contributed by atoms with Crippen molar-refractivity contribution in [3.8, 4) is 0 Å². The molecule has 1 aromatic heterocycles. The van der Waals surface area contributed by atoms with Crippen molar-refractivity contribution in [3.05, 3.63) is 77.3 Å². The molecule has 2 fully saturated rings. The molecule has 5 rings (SSSR count). The largest absolute Gasteiger partial charge is 0.368 e. The molecule has 8 nitrogen and oxygen atoms in total. The minimum absolute atomic E-state index is 0.330. The smallest absolute Gasteiger partial charge is 0.290 e. The van der Waals surface area contributed by atoms with Crippen LogP contribution in [0, 0.1) is 0 Å². The fraction of sp³-hybridized carbons (Fsp3) is 0.200. The van der Waals surface area contributed by atoms with E-state index in [0.29, 0.717) is 22.4 Å². The molecule has 3 aromatic rings. The zero-order chi connectivity index (χ0) is 23.5. The maximum atomic E-state index is 12.1.